The van der Waals surface area contributed by atoms with E-state index in [-0.39, 0.29) is 6.04 Å². The second-order valence-corrected chi connectivity index (χ2v) is 5.04. The monoisotopic (exact) mass is 309 g/mol. The second kappa shape index (κ2) is 5.16. The third-order valence-electron chi connectivity index (χ3n) is 3.03. The Morgan fingerprint density at radius 1 is 1.28 bits per heavy atom. The van der Waals surface area contributed by atoms with E-state index in [1.165, 1.54) is 0 Å². The van der Waals surface area contributed by atoms with Crippen molar-refractivity contribution in [2.24, 2.45) is 5.73 Å². The van der Waals surface area contributed by atoms with Gasteiger partial charge in [0.05, 0.1) is 19.4 Å². The number of aryl methyl sites for hydroxylation is 2. The number of halogens is 1. The van der Waals surface area contributed by atoms with Crippen LogP contribution in [-0.4, -0.2) is 7.11 Å². The molecule has 1 heterocycles. The molecule has 0 aliphatic heterocycles. The molecule has 1 aromatic carbocycles. The molecule has 2 aromatic rings. The van der Waals surface area contributed by atoms with E-state index in [2.05, 4.69) is 28.1 Å². The molecule has 0 saturated carbocycles. The molecule has 18 heavy (non-hydrogen) atoms. The Labute approximate surface area is 115 Å². The maximum Gasteiger partial charge on any atom is 0.174 e. The van der Waals surface area contributed by atoms with E-state index in [0.717, 1.165) is 28.0 Å². The number of hydrogen-bond donors (Lipinski definition) is 1. The van der Waals surface area contributed by atoms with Crippen LogP contribution in [0.2, 0.25) is 0 Å². The first-order chi connectivity index (χ1) is 8.54. The summed E-state index contributed by atoms with van der Waals surface area (Å²) in [4.78, 5) is 0. The van der Waals surface area contributed by atoms with E-state index < -0.39 is 0 Å². The van der Waals surface area contributed by atoms with Crippen LogP contribution in [0.1, 0.15) is 28.3 Å². The highest BCUT2D eigenvalue weighted by molar-refractivity contribution is 9.10. The van der Waals surface area contributed by atoms with Gasteiger partial charge in [-0.1, -0.05) is 12.1 Å². The largest absolute Gasteiger partial charge is 0.496 e. The standard InChI is InChI=1S/C14H16BrNO2/c1-8-6-10(7-9(2)13(8)17-3)12(16)11-4-5-18-14(11)15/h4-7,12H,16H2,1-3H3. The highest BCUT2D eigenvalue weighted by atomic mass is 79.9. The smallest absolute Gasteiger partial charge is 0.174 e. The fraction of sp³-hybridized carbons (Fsp3) is 0.286. The Morgan fingerprint density at radius 3 is 2.33 bits per heavy atom. The maximum atomic E-state index is 6.26. The molecule has 0 spiro atoms. The molecule has 2 N–H and O–H groups in total. The van der Waals surface area contributed by atoms with Gasteiger partial charge in [-0.3, -0.25) is 0 Å². The number of rotatable bonds is 3. The number of nitrogens with two attached hydrogens (primary N) is 1. The van der Waals surface area contributed by atoms with Crippen LogP contribution in [-0.2, 0) is 0 Å². The summed E-state index contributed by atoms with van der Waals surface area (Å²) in [6.07, 6.45) is 1.63. The summed E-state index contributed by atoms with van der Waals surface area (Å²) in [6, 6.07) is 5.77. The SMILES string of the molecule is COc1c(C)cc(C(N)c2ccoc2Br)cc1C. The Bertz CT molecular complexity index is 540. The zero-order chi connectivity index (χ0) is 13.3. The lowest BCUT2D eigenvalue weighted by molar-refractivity contribution is 0.408. The van der Waals surface area contributed by atoms with Crippen molar-refractivity contribution >= 4 is 15.9 Å². The van der Waals surface area contributed by atoms with Crippen molar-refractivity contribution in [3.8, 4) is 5.75 Å². The lowest BCUT2D eigenvalue weighted by atomic mass is 9.97. The quantitative estimate of drug-likeness (QED) is 0.940. The van der Waals surface area contributed by atoms with Gasteiger partial charge >= 0.3 is 0 Å². The van der Waals surface area contributed by atoms with Crippen molar-refractivity contribution < 1.29 is 9.15 Å². The molecule has 1 atom stereocenters. The molecule has 4 heteroatoms. The van der Waals surface area contributed by atoms with E-state index in [4.69, 9.17) is 14.9 Å². The summed E-state index contributed by atoms with van der Waals surface area (Å²) in [5.74, 6) is 0.914. The Morgan fingerprint density at radius 2 is 1.89 bits per heavy atom. The van der Waals surface area contributed by atoms with Gasteiger partial charge in [-0.05, 0) is 52.5 Å². The maximum absolute atomic E-state index is 6.26. The van der Waals surface area contributed by atoms with E-state index in [1.807, 2.05) is 19.9 Å². The zero-order valence-electron chi connectivity index (χ0n) is 10.7. The first-order valence-corrected chi connectivity index (χ1v) is 6.47. The van der Waals surface area contributed by atoms with Crippen molar-refractivity contribution in [3.05, 3.63) is 51.4 Å². The Balaban J connectivity index is 2.43. The molecule has 1 unspecified atom stereocenters. The molecular formula is C14H16BrNO2. The van der Waals surface area contributed by atoms with Gasteiger partial charge in [0.1, 0.15) is 5.75 Å². The molecular weight excluding hydrogens is 294 g/mol. The van der Waals surface area contributed by atoms with E-state index in [1.54, 1.807) is 13.4 Å². The molecule has 0 amide bonds. The van der Waals surface area contributed by atoms with Gasteiger partial charge in [-0.15, -0.1) is 0 Å². The summed E-state index contributed by atoms with van der Waals surface area (Å²) >= 11 is 3.36. The van der Waals surface area contributed by atoms with E-state index in [0.29, 0.717) is 4.67 Å². The van der Waals surface area contributed by atoms with Crippen molar-refractivity contribution in [3.63, 3.8) is 0 Å². The molecule has 3 nitrogen and oxygen atoms in total. The van der Waals surface area contributed by atoms with E-state index in [9.17, 15) is 0 Å². The average molecular weight is 310 g/mol. The van der Waals surface area contributed by atoms with Crippen molar-refractivity contribution in [2.45, 2.75) is 19.9 Å². The molecule has 0 bridgehead atoms. The van der Waals surface area contributed by atoms with Crippen LogP contribution in [0.15, 0.2) is 33.5 Å². The number of ether oxygens (including phenoxy) is 1. The highest BCUT2D eigenvalue weighted by Crippen LogP contribution is 2.32. The summed E-state index contributed by atoms with van der Waals surface area (Å²) < 4.78 is 11.3. The molecule has 0 aliphatic carbocycles. The van der Waals surface area contributed by atoms with Gasteiger partial charge < -0.3 is 14.9 Å². The number of hydrogen-bond acceptors (Lipinski definition) is 3. The van der Waals surface area contributed by atoms with Gasteiger partial charge in [0.2, 0.25) is 0 Å². The number of furan rings is 1. The second-order valence-electron chi connectivity index (χ2n) is 4.32. The predicted octanol–water partition coefficient (Wildman–Crippen LogP) is 3.72. The molecule has 0 fully saturated rings. The average Bonchev–Trinajstić information content (AvgIpc) is 2.74. The molecule has 0 radical (unpaired) electrons. The van der Waals surface area contributed by atoms with Crippen LogP contribution in [0.4, 0.5) is 0 Å². The lowest BCUT2D eigenvalue weighted by Crippen LogP contribution is -2.12. The predicted molar refractivity (Wildman–Crippen MR) is 74.9 cm³/mol. The summed E-state index contributed by atoms with van der Waals surface area (Å²) in [7, 11) is 1.68. The summed E-state index contributed by atoms with van der Waals surface area (Å²) in [5, 5.41) is 0. The number of benzene rings is 1. The molecule has 0 saturated heterocycles. The van der Waals surface area contributed by atoms with Gasteiger partial charge in [0.25, 0.3) is 0 Å². The van der Waals surface area contributed by atoms with Gasteiger partial charge in [0.15, 0.2) is 4.67 Å². The van der Waals surface area contributed by atoms with Crippen LogP contribution < -0.4 is 10.5 Å². The van der Waals surface area contributed by atoms with Crippen molar-refractivity contribution in [1.82, 2.24) is 0 Å². The van der Waals surface area contributed by atoms with Gasteiger partial charge in [-0.25, -0.2) is 0 Å². The molecule has 1 aromatic heterocycles. The van der Waals surface area contributed by atoms with Crippen LogP contribution >= 0.6 is 15.9 Å². The minimum Gasteiger partial charge on any atom is -0.496 e. The number of methoxy groups -OCH3 is 1. The van der Waals surface area contributed by atoms with Crippen LogP contribution in [0, 0.1) is 13.8 Å². The lowest BCUT2D eigenvalue weighted by Gasteiger charge is -2.15. The molecule has 0 aliphatic rings. The van der Waals surface area contributed by atoms with E-state index >= 15 is 0 Å². The minimum absolute atomic E-state index is 0.207. The Kier molecular flexibility index (Phi) is 3.78. The van der Waals surface area contributed by atoms with Gasteiger partial charge in [-0.2, -0.15) is 0 Å². The minimum atomic E-state index is -0.207. The third-order valence-corrected chi connectivity index (χ3v) is 3.67. The van der Waals surface area contributed by atoms with Crippen LogP contribution in [0.5, 0.6) is 5.75 Å². The summed E-state index contributed by atoms with van der Waals surface area (Å²) in [6.45, 7) is 4.04. The fourth-order valence-electron chi connectivity index (χ4n) is 2.19. The molecule has 2 rings (SSSR count). The first-order valence-electron chi connectivity index (χ1n) is 5.68. The Hall–Kier alpha value is -1.26. The summed E-state index contributed by atoms with van der Waals surface area (Å²) in [5.41, 5.74) is 10.4. The van der Waals surface area contributed by atoms with Crippen LogP contribution in [0.3, 0.4) is 0 Å². The zero-order valence-corrected chi connectivity index (χ0v) is 12.2. The van der Waals surface area contributed by atoms with Crippen molar-refractivity contribution in [2.75, 3.05) is 7.11 Å². The normalized spacial score (nSPS) is 12.5. The first kappa shape index (κ1) is 13.2. The highest BCUT2D eigenvalue weighted by Gasteiger charge is 2.16. The van der Waals surface area contributed by atoms with Crippen molar-refractivity contribution in [1.29, 1.82) is 0 Å². The third kappa shape index (κ3) is 2.31. The topological polar surface area (TPSA) is 48.4 Å². The fourth-order valence-corrected chi connectivity index (χ4v) is 2.68. The van der Waals surface area contributed by atoms with Crippen LogP contribution in [0.25, 0.3) is 0 Å². The molecule has 96 valence electrons. The van der Waals surface area contributed by atoms with Gasteiger partial charge in [0, 0.05) is 5.56 Å².